The SMILES string of the molecule is CC1=C(C(=O)Nc2ccccc2C(C)C)[C@@H](c2ccc3ccccc3c2)NC(=O)N1. The maximum absolute atomic E-state index is 13.3. The number of para-hydroxylation sites is 1. The summed E-state index contributed by atoms with van der Waals surface area (Å²) in [4.78, 5) is 25.5. The molecule has 3 aromatic carbocycles. The van der Waals surface area contributed by atoms with E-state index < -0.39 is 6.04 Å². The number of benzene rings is 3. The smallest absolute Gasteiger partial charge is 0.319 e. The zero-order chi connectivity index (χ0) is 21.3. The Morgan fingerprint density at radius 1 is 0.967 bits per heavy atom. The van der Waals surface area contributed by atoms with Crippen LogP contribution in [0.1, 0.15) is 43.9 Å². The largest absolute Gasteiger partial charge is 0.327 e. The molecule has 0 radical (unpaired) electrons. The number of allylic oxidation sites excluding steroid dienone is 1. The molecule has 4 rings (SSSR count). The maximum Gasteiger partial charge on any atom is 0.319 e. The number of anilines is 1. The molecule has 1 heterocycles. The molecule has 0 unspecified atom stereocenters. The van der Waals surface area contributed by atoms with Crippen LogP contribution in [-0.4, -0.2) is 11.9 Å². The van der Waals surface area contributed by atoms with E-state index >= 15 is 0 Å². The Morgan fingerprint density at radius 3 is 2.43 bits per heavy atom. The Morgan fingerprint density at radius 2 is 1.67 bits per heavy atom. The summed E-state index contributed by atoms with van der Waals surface area (Å²) < 4.78 is 0. The van der Waals surface area contributed by atoms with Crippen molar-refractivity contribution in [1.82, 2.24) is 10.6 Å². The highest BCUT2D eigenvalue weighted by molar-refractivity contribution is 6.07. The van der Waals surface area contributed by atoms with Crippen LogP contribution in [-0.2, 0) is 4.79 Å². The Labute approximate surface area is 176 Å². The predicted octanol–water partition coefficient (Wildman–Crippen LogP) is 5.23. The maximum atomic E-state index is 13.3. The van der Waals surface area contributed by atoms with Gasteiger partial charge in [-0.1, -0.05) is 68.4 Å². The zero-order valence-corrected chi connectivity index (χ0v) is 17.3. The summed E-state index contributed by atoms with van der Waals surface area (Å²) in [6.07, 6.45) is 0. The van der Waals surface area contributed by atoms with Crippen LogP contribution in [0.15, 0.2) is 78.0 Å². The van der Waals surface area contributed by atoms with Gasteiger partial charge in [-0.25, -0.2) is 4.79 Å². The fourth-order valence-electron chi connectivity index (χ4n) is 3.94. The van der Waals surface area contributed by atoms with E-state index in [-0.39, 0.29) is 17.9 Å². The van der Waals surface area contributed by atoms with Crippen molar-refractivity contribution in [3.05, 3.63) is 89.1 Å². The summed E-state index contributed by atoms with van der Waals surface area (Å²) in [6.45, 7) is 5.95. The highest BCUT2D eigenvalue weighted by Gasteiger charge is 2.31. The van der Waals surface area contributed by atoms with Gasteiger partial charge >= 0.3 is 6.03 Å². The normalized spacial score (nSPS) is 16.4. The standard InChI is InChI=1S/C25H25N3O2/c1-15(2)20-10-6-7-11-21(20)27-24(29)22-16(3)26-25(30)28-23(22)19-13-12-17-8-4-5-9-18(17)14-19/h4-15,23H,1-3H3,(H,27,29)(H2,26,28,30)/t23-/m1/s1. The van der Waals surface area contributed by atoms with Crippen LogP contribution in [0.5, 0.6) is 0 Å². The van der Waals surface area contributed by atoms with E-state index in [0.29, 0.717) is 11.3 Å². The first kappa shape index (κ1) is 19.7. The van der Waals surface area contributed by atoms with Crippen LogP contribution in [0.2, 0.25) is 0 Å². The van der Waals surface area contributed by atoms with Crippen LogP contribution < -0.4 is 16.0 Å². The molecule has 0 spiro atoms. The van der Waals surface area contributed by atoms with Crippen molar-refractivity contribution >= 4 is 28.4 Å². The monoisotopic (exact) mass is 399 g/mol. The molecule has 1 aliphatic rings. The van der Waals surface area contributed by atoms with Gasteiger partial charge in [0.2, 0.25) is 0 Å². The van der Waals surface area contributed by atoms with Crippen molar-refractivity contribution in [2.75, 3.05) is 5.32 Å². The summed E-state index contributed by atoms with van der Waals surface area (Å²) in [5.74, 6) is 0.0447. The van der Waals surface area contributed by atoms with Gasteiger partial charge in [0.1, 0.15) is 0 Å². The number of carbonyl (C=O) groups excluding carboxylic acids is 2. The van der Waals surface area contributed by atoms with Gasteiger partial charge in [-0.3, -0.25) is 4.79 Å². The molecule has 5 nitrogen and oxygen atoms in total. The number of urea groups is 1. The molecule has 1 atom stereocenters. The lowest BCUT2D eigenvalue weighted by atomic mass is 9.93. The van der Waals surface area contributed by atoms with Crippen molar-refractivity contribution in [3.63, 3.8) is 0 Å². The molecule has 152 valence electrons. The molecule has 3 amide bonds. The van der Waals surface area contributed by atoms with E-state index in [1.807, 2.05) is 66.7 Å². The van der Waals surface area contributed by atoms with Crippen LogP contribution in [0.4, 0.5) is 10.5 Å². The molecule has 0 fully saturated rings. The highest BCUT2D eigenvalue weighted by Crippen LogP contribution is 2.31. The quantitative estimate of drug-likeness (QED) is 0.562. The molecule has 0 saturated carbocycles. The first-order valence-corrected chi connectivity index (χ1v) is 10.1. The van der Waals surface area contributed by atoms with E-state index in [9.17, 15) is 9.59 Å². The van der Waals surface area contributed by atoms with Crippen LogP contribution >= 0.6 is 0 Å². The number of carbonyl (C=O) groups is 2. The fraction of sp³-hybridized carbons (Fsp3) is 0.200. The first-order chi connectivity index (χ1) is 14.4. The van der Waals surface area contributed by atoms with Gasteiger partial charge in [0, 0.05) is 11.4 Å². The average Bonchev–Trinajstić information content (AvgIpc) is 2.73. The minimum Gasteiger partial charge on any atom is -0.327 e. The Kier molecular flexibility index (Phi) is 5.27. The molecule has 3 aromatic rings. The lowest BCUT2D eigenvalue weighted by molar-refractivity contribution is -0.113. The van der Waals surface area contributed by atoms with Gasteiger partial charge in [-0.05, 0) is 46.9 Å². The van der Waals surface area contributed by atoms with Gasteiger partial charge in [0.25, 0.3) is 5.91 Å². The Balaban J connectivity index is 1.72. The number of nitrogens with one attached hydrogen (secondary N) is 3. The third-order valence-electron chi connectivity index (χ3n) is 5.45. The zero-order valence-electron chi connectivity index (χ0n) is 17.3. The Hall–Kier alpha value is -3.60. The van der Waals surface area contributed by atoms with E-state index in [0.717, 1.165) is 27.6 Å². The van der Waals surface area contributed by atoms with Gasteiger partial charge in [0.15, 0.2) is 0 Å². The van der Waals surface area contributed by atoms with Crippen LogP contribution in [0.25, 0.3) is 10.8 Å². The van der Waals surface area contributed by atoms with E-state index in [1.165, 1.54) is 0 Å². The number of hydrogen-bond donors (Lipinski definition) is 3. The number of hydrogen-bond acceptors (Lipinski definition) is 2. The molecule has 0 saturated heterocycles. The third-order valence-corrected chi connectivity index (χ3v) is 5.45. The van der Waals surface area contributed by atoms with Crippen LogP contribution in [0.3, 0.4) is 0 Å². The van der Waals surface area contributed by atoms with Crippen molar-refractivity contribution in [3.8, 4) is 0 Å². The van der Waals surface area contributed by atoms with Crippen molar-refractivity contribution in [1.29, 1.82) is 0 Å². The van der Waals surface area contributed by atoms with Crippen molar-refractivity contribution in [2.24, 2.45) is 0 Å². The van der Waals surface area contributed by atoms with Crippen molar-refractivity contribution < 1.29 is 9.59 Å². The van der Waals surface area contributed by atoms with E-state index in [1.54, 1.807) is 6.92 Å². The summed E-state index contributed by atoms with van der Waals surface area (Å²) in [7, 11) is 0. The van der Waals surface area contributed by atoms with Crippen molar-refractivity contribution in [2.45, 2.75) is 32.7 Å². The first-order valence-electron chi connectivity index (χ1n) is 10.1. The van der Waals surface area contributed by atoms with Gasteiger partial charge in [0.05, 0.1) is 11.6 Å². The minimum atomic E-state index is -0.533. The van der Waals surface area contributed by atoms with Gasteiger partial charge < -0.3 is 16.0 Å². The molecular weight excluding hydrogens is 374 g/mol. The summed E-state index contributed by atoms with van der Waals surface area (Å²) in [5.41, 5.74) is 3.77. The molecule has 0 bridgehead atoms. The molecule has 0 aromatic heterocycles. The summed E-state index contributed by atoms with van der Waals surface area (Å²) in [5, 5.41) is 10.9. The van der Waals surface area contributed by atoms with Gasteiger partial charge in [-0.15, -0.1) is 0 Å². The molecule has 30 heavy (non-hydrogen) atoms. The summed E-state index contributed by atoms with van der Waals surface area (Å²) in [6, 6.07) is 21.0. The molecule has 5 heteroatoms. The minimum absolute atomic E-state index is 0.230. The third kappa shape index (κ3) is 3.79. The number of amides is 3. The molecule has 1 aliphatic heterocycles. The number of rotatable bonds is 4. The van der Waals surface area contributed by atoms with Gasteiger partial charge in [-0.2, -0.15) is 0 Å². The Bertz CT molecular complexity index is 1160. The average molecular weight is 399 g/mol. The van der Waals surface area contributed by atoms with E-state index in [2.05, 4.69) is 29.8 Å². The molecular formula is C25H25N3O2. The second-order valence-electron chi connectivity index (χ2n) is 7.87. The second kappa shape index (κ2) is 8.03. The number of fused-ring (bicyclic) bond motifs is 1. The summed E-state index contributed by atoms with van der Waals surface area (Å²) >= 11 is 0. The molecule has 3 N–H and O–H groups in total. The second-order valence-corrected chi connectivity index (χ2v) is 7.87. The van der Waals surface area contributed by atoms with Crippen LogP contribution in [0, 0.1) is 0 Å². The van der Waals surface area contributed by atoms with E-state index in [4.69, 9.17) is 0 Å². The lowest BCUT2D eigenvalue weighted by Gasteiger charge is -2.29. The predicted molar refractivity (Wildman–Crippen MR) is 120 cm³/mol. The fourth-order valence-corrected chi connectivity index (χ4v) is 3.94. The highest BCUT2D eigenvalue weighted by atomic mass is 16.2. The topological polar surface area (TPSA) is 70.2 Å². The molecule has 0 aliphatic carbocycles. The lowest BCUT2D eigenvalue weighted by Crippen LogP contribution is -2.46.